The van der Waals surface area contributed by atoms with Crippen LogP contribution in [0.3, 0.4) is 0 Å². The van der Waals surface area contributed by atoms with Crippen LogP contribution in [0.5, 0.6) is 5.75 Å². The first-order chi connectivity index (χ1) is 11.0. The minimum Gasteiger partial charge on any atom is -0.487 e. The SMILES string of the molecule is Cl.NC(N)=NN=Cc1cccc(OCc2ccc(Cl)cc2Cl)c1Cl. The largest absolute Gasteiger partial charge is 0.487 e. The topological polar surface area (TPSA) is 86.0 Å². The van der Waals surface area contributed by atoms with Gasteiger partial charge in [0.15, 0.2) is 0 Å². The maximum atomic E-state index is 6.27. The molecule has 2 rings (SSSR count). The standard InChI is InChI=1S/C15H13Cl3N4O.ClH/c16-11-5-4-10(12(17)6-11)8-23-13-3-1-2-9(14(13)18)7-21-22-15(19)20;/h1-7H,8H2,(H4,19,20,22);1H. The maximum Gasteiger partial charge on any atom is 0.211 e. The van der Waals surface area contributed by atoms with Gasteiger partial charge < -0.3 is 16.2 Å². The van der Waals surface area contributed by atoms with Crippen LogP contribution in [-0.4, -0.2) is 12.2 Å². The molecule has 9 heteroatoms. The lowest BCUT2D eigenvalue weighted by Gasteiger charge is -2.10. The van der Waals surface area contributed by atoms with Crippen LogP contribution in [0.25, 0.3) is 0 Å². The average Bonchev–Trinajstić information content (AvgIpc) is 2.49. The van der Waals surface area contributed by atoms with Crippen LogP contribution in [0.15, 0.2) is 46.6 Å². The molecular weight excluding hydrogens is 394 g/mol. The summed E-state index contributed by atoms with van der Waals surface area (Å²) in [6.07, 6.45) is 1.43. The van der Waals surface area contributed by atoms with E-state index in [1.165, 1.54) is 6.21 Å². The van der Waals surface area contributed by atoms with Gasteiger partial charge in [-0.05, 0) is 18.2 Å². The zero-order valence-corrected chi connectivity index (χ0v) is 15.3. The highest BCUT2D eigenvalue weighted by atomic mass is 35.5. The quantitative estimate of drug-likeness (QED) is 0.441. The summed E-state index contributed by atoms with van der Waals surface area (Å²) in [6.45, 7) is 0.254. The molecule has 5 nitrogen and oxygen atoms in total. The fourth-order valence-electron chi connectivity index (χ4n) is 1.69. The van der Waals surface area contributed by atoms with E-state index in [1.54, 1.807) is 36.4 Å². The van der Waals surface area contributed by atoms with Crippen LogP contribution in [0.1, 0.15) is 11.1 Å². The van der Waals surface area contributed by atoms with Gasteiger partial charge in [-0.3, -0.25) is 0 Å². The van der Waals surface area contributed by atoms with Crippen molar-refractivity contribution in [3.8, 4) is 5.75 Å². The number of halogens is 4. The van der Waals surface area contributed by atoms with Crippen molar-refractivity contribution in [2.75, 3.05) is 0 Å². The Labute approximate surface area is 160 Å². The Morgan fingerprint density at radius 2 is 1.88 bits per heavy atom. The number of ether oxygens (including phenoxy) is 1. The van der Waals surface area contributed by atoms with Crippen molar-refractivity contribution in [2.45, 2.75) is 6.61 Å². The number of hydrogen-bond acceptors (Lipinski definition) is 3. The first kappa shape index (κ1) is 20.4. The average molecular weight is 408 g/mol. The Kier molecular flexibility index (Phi) is 8.15. The van der Waals surface area contributed by atoms with Gasteiger partial charge in [-0.25, -0.2) is 0 Å². The van der Waals surface area contributed by atoms with Crippen molar-refractivity contribution < 1.29 is 4.74 Å². The molecule has 0 aliphatic rings. The summed E-state index contributed by atoms with van der Waals surface area (Å²) in [5.41, 5.74) is 11.8. The van der Waals surface area contributed by atoms with Crippen LogP contribution >= 0.6 is 47.2 Å². The summed E-state index contributed by atoms with van der Waals surface area (Å²) >= 11 is 18.2. The lowest BCUT2D eigenvalue weighted by Crippen LogP contribution is -2.21. The molecule has 0 aliphatic heterocycles. The fourth-order valence-corrected chi connectivity index (χ4v) is 2.38. The molecule has 0 heterocycles. The third kappa shape index (κ3) is 5.76. The van der Waals surface area contributed by atoms with Crippen LogP contribution < -0.4 is 16.2 Å². The maximum absolute atomic E-state index is 6.27. The number of nitrogens with zero attached hydrogens (tertiary/aromatic N) is 2. The van der Waals surface area contributed by atoms with Crippen molar-refractivity contribution in [1.82, 2.24) is 0 Å². The van der Waals surface area contributed by atoms with Gasteiger partial charge in [0, 0.05) is 21.2 Å². The molecule has 0 spiro atoms. The number of hydrogen-bond donors (Lipinski definition) is 2. The van der Waals surface area contributed by atoms with E-state index in [1.807, 2.05) is 0 Å². The molecule has 0 aromatic heterocycles. The second kappa shape index (κ2) is 9.59. The molecule has 2 aromatic rings. The van der Waals surface area contributed by atoms with Gasteiger partial charge in [0.1, 0.15) is 12.4 Å². The minimum absolute atomic E-state index is 0. The summed E-state index contributed by atoms with van der Waals surface area (Å²) < 4.78 is 5.71. The number of nitrogens with two attached hydrogens (primary N) is 2. The molecule has 0 fully saturated rings. The van der Waals surface area contributed by atoms with Gasteiger partial charge in [-0.15, -0.1) is 17.5 Å². The van der Waals surface area contributed by atoms with E-state index >= 15 is 0 Å². The fraction of sp³-hybridized carbons (Fsp3) is 0.0667. The molecule has 128 valence electrons. The van der Waals surface area contributed by atoms with Crippen molar-refractivity contribution in [2.24, 2.45) is 21.7 Å². The van der Waals surface area contributed by atoms with E-state index < -0.39 is 0 Å². The number of benzene rings is 2. The van der Waals surface area contributed by atoms with Crippen molar-refractivity contribution >= 4 is 59.4 Å². The summed E-state index contributed by atoms with van der Waals surface area (Å²) in [4.78, 5) is 0. The third-order valence-corrected chi connectivity index (χ3v) is 3.75. The zero-order valence-electron chi connectivity index (χ0n) is 12.2. The third-order valence-electron chi connectivity index (χ3n) is 2.76. The van der Waals surface area contributed by atoms with Crippen LogP contribution in [0, 0.1) is 0 Å². The van der Waals surface area contributed by atoms with Crippen LogP contribution in [0.2, 0.25) is 15.1 Å². The molecule has 0 bridgehead atoms. The molecule has 0 aliphatic carbocycles. The number of rotatable bonds is 5. The normalized spacial score (nSPS) is 10.3. The van der Waals surface area contributed by atoms with E-state index in [2.05, 4.69) is 10.2 Å². The van der Waals surface area contributed by atoms with Crippen LogP contribution in [0.4, 0.5) is 0 Å². The van der Waals surface area contributed by atoms with E-state index in [0.717, 1.165) is 5.56 Å². The van der Waals surface area contributed by atoms with Gasteiger partial charge >= 0.3 is 0 Å². The second-order valence-corrected chi connectivity index (χ2v) is 5.67. The van der Waals surface area contributed by atoms with Crippen molar-refractivity contribution in [1.29, 1.82) is 0 Å². The van der Waals surface area contributed by atoms with Gasteiger partial charge in [-0.1, -0.05) is 53.0 Å². The Hall–Kier alpha value is -1.66. The Morgan fingerprint density at radius 3 is 2.54 bits per heavy atom. The first-order valence-electron chi connectivity index (χ1n) is 6.44. The lowest BCUT2D eigenvalue weighted by atomic mass is 10.2. The molecule has 2 aromatic carbocycles. The lowest BCUT2D eigenvalue weighted by molar-refractivity contribution is 0.306. The Balaban J connectivity index is 0.00000288. The van der Waals surface area contributed by atoms with E-state index in [0.29, 0.717) is 26.4 Å². The second-order valence-electron chi connectivity index (χ2n) is 4.45. The molecular formula is C15H14Cl4N4O. The molecule has 0 saturated heterocycles. The van der Waals surface area contributed by atoms with E-state index in [9.17, 15) is 0 Å². The molecule has 0 amide bonds. The van der Waals surface area contributed by atoms with Crippen LogP contribution in [-0.2, 0) is 6.61 Å². The van der Waals surface area contributed by atoms with E-state index in [4.69, 9.17) is 51.0 Å². The Bertz CT molecular complexity index is 761. The molecule has 0 unspecified atom stereocenters. The van der Waals surface area contributed by atoms with Crippen molar-refractivity contribution in [3.63, 3.8) is 0 Å². The molecule has 0 saturated carbocycles. The van der Waals surface area contributed by atoms with Crippen molar-refractivity contribution in [3.05, 3.63) is 62.6 Å². The predicted molar refractivity (Wildman–Crippen MR) is 103 cm³/mol. The number of guanidine groups is 1. The molecule has 0 atom stereocenters. The van der Waals surface area contributed by atoms with Gasteiger partial charge in [0.2, 0.25) is 5.96 Å². The monoisotopic (exact) mass is 406 g/mol. The highest BCUT2D eigenvalue weighted by Crippen LogP contribution is 2.29. The van der Waals surface area contributed by atoms with Gasteiger partial charge in [0.25, 0.3) is 0 Å². The Morgan fingerprint density at radius 1 is 1.12 bits per heavy atom. The predicted octanol–water partition coefficient (Wildman–Crippen LogP) is 4.25. The molecule has 0 radical (unpaired) electrons. The summed E-state index contributed by atoms with van der Waals surface area (Å²) in [6, 6.07) is 10.5. The highest BCUT2D eigenvalue weighted by molar-refractivity contribution is 6.35. The summed E-state index contributed by atoms with van der Waals surface area (Å²) in [5.74, 6) is 0.355. The molecule has 4 N–H and O–H groups in total. The van der Waals surface area contributed by atoms with E-state index in [-0.39, 0.29) is 25.0 Å². The summed E-state index contributed by atoms with van der Waals surface area (Å²) in [7, 11) is 0. The molecule has 24 heavy (non-hydrogen) atoms. The smallest absolute Gasteiger partial charge is 0.211 e. The van der Waals surface area contributed by atoms with Gasteiger partial charge in [0.05, 0.1) is 11.2 Å². The minimum atomic E-state index is -0.137. The van der Waals surface area contributed by atoms with Gasteiger partial charge in [-0.2, -0.15) is 5.10 Å². The highest BCUT2D eigenvalue weighted by Gasteiger charge is 2.08. The first-order valence-corrected chi connectivity index (χ1v) is 7.58. The zero-order chi connectivity index (χ0) is 16.8. The summed E-state index contributed by atoms with van der Waals surface area (Å²) in [5, 5.41) is 8.73.